The minimum absolute atomic E-state index is 0.0236. The molecular weight excluding hydrogens is 711 g/mol. The second-order valence-electron chi connectivity index (χ2n) is 9.23. The van der Waals surface area contributed by atoms with Gasteiger partial charge in [0.15, 0.2) is 0 Å². The molecule has 0 heterocycles. The molecule has 0 fully saturated rings. The summed E-state index contributed by atoms with van der Waals surface area (Å²) >= 11 is 3.87. The fourth-order valence-electron chi connectivity index (χ4n) is 3.65. The van der Waals surface area contributed by atoms with E-state index in [2.05, 4.69) is 52.3 Å². The van der Waals surface area contributed by atoms with Crippen LogP contribution in [0.5, 0.6) is 0 Å². The molecule has 2 aromatic rings. The van der Waals surface area contributed by atoms with Crippen LogP contribution in [0.1, 0.15) is 74.1 Å². The molecule has 0 aliphatic carbocycles. The van der Waals surface area contributed by atoms with E-state index in [1.807, 2.05) is 66.4 Å². The third kappa shape index (κ3) is 8.74. The van der Waals surface area contributed by atoms with Crippen LogP contribution in [0.25, 0.3) is 0 Å². The van der Waals surface area contributed by atoms with E-state index in [4.69, 9.17) is 0 Å². The zero-order valence-corrected chi connectivity index (χ0v) is 26.9. The number of nitrogens with zero attached hydrogens (tertiary/aromatic N) is 2. The van der Waals surface area contributed by atoms with E-state index in [0.717, 1.165) is 25.7 Å². The molecule has 2 amide bonds. The van der Waals surface area contributed by atoms with E-state index in [1.54, 1.807) is 0 Å². The first kappa shape index (κ1) is 28.4. The number of carbonyl (C=O) groups excluding carboxylic acids is 2. The van der Waals surface area contributed by atoms with Gasteiger partial charge in [0.2, 0.25) is 0 Å². The molecule has 0 saturated heterocycles. The second kappa shape index (κ2) is 13.9. The van der Waals surface area contributed by atoms with Gasteiger partial charge in [-0.3, -0.25) is 0 Å². The number of benzene rings is 2. The Labute approximate surface area is 216 Å². The average Bonchev–Trinajstić information content (AvgIpc) is 2.79. The van der Waals surface area contributed by atoms with Crippen molar-refractivity contribution in [2.24, 2.45) is 11.8 Å². The standard InChI is InChI=1S/2C13H19NO.2BrH.Hf/c2*1-11(2)7-6-10-14-13(15)12-8-4-3-5-9-12;;;/h2*3-5,8-9,11H,6-7,10H2,1-2H3,(H,14,15);2*1H;/q;;;;+4/p-4. The van der Waals surface area contributed by atoms with Crippen LogP contribution in [0.4, 0.5) is 0 Å². The van der Waals surface area contributed by atoms with Crippen LogP contribution >= 0.6 is 24.6 Å². The summed E-state index contributed by atoms with van der Waals surface area (Å²) in [5, 5.41) is 0. The van der Waals surface area contributed by atoms with Crippen LogP contribution in [-0.4, -0.2) is 30.7 Å². The second-order valence-corrected chi connectivity index (χ2v) is 43.6. The quantitative estimate of drug-likeness (QED) is 0.209. The first-order valence-corrected chi connectivity index (χ1v) is 30.7. The molecule has 0 unspecified atom stereocenters. The SMILES string of the molecule is CC(C)CCC[N](C(=O)c1ccccc1)[Hf]([Br])([Br])[N](CCCC(C)C)C(=O)c1ccccc1. The Morgan fingerprint density at radius 3 is 1.33 bits per heavy atom. The van der Waals surface area contributed by atoms with Crippen molar-refractivity contribution in [2.75, 3.05) is 13.1 Å². The summed E-state index contributed by atoms with van der Waals surface area (Å²) in [4.78, 5) is 27.4. The van der Waals surface area contributed by atoms with E-state index in [-0.39, 0.29) is 11.8 Å². The van der Waals surface area contributed by atoms with Crippen molar-refractivity contribution in [3.05, 3.63) is 71.8 Å². The molecule has 0 spiro atoms. The zero-order chi connectivity index (χ0) is 24.4. The molecular formula is C26H36Br2HfN2O2. The average molecular weight is 747 g/mol. The molecule has 0 aromatic heterocycles. The van der Waals surface area contributed by atoms with Crippen molar-refractivity contribution < 1.29 is 25.5 Å². The Kier molecular flexibility index (Phi) is 12.0. The number of amides is 2. The normalized spacial score (nSPS) is 11.6. The molecule has 0 N–H and O–H groups in total. The van der Waals surface area contributed by atoms with Crippen LogP contribution in [0.15, 0.2) is 60.7 Å². The van der Waals surface area contributed by atoms with Gasteiger partial charge in [-0.1, -0.05) is 0 Å². The Bertz CT molecular complexity index is 805. The van der Waals surface area contributed by atoms with Crippen LogP contribution < -0.4 is 0 Å². The van der Waals surface area contributed by atoms with Crippen LogP contribution in [-0.2, 0) is 15.9 Å². The van der Waals surface area contributed by atoms with E-state index in [9.17, 15) is 9.59 Å². The Balaban J connectivity index is 2.41. The van der Waals surface area contributed by atoms with Gasteiger partial charge in [0, 0.05) is 0 Å². The van der Waals surface area contributed by atoms with Gasteiger partial charge in [0.05, 0.1) is 0 Å². The molecule has 33 heavy (non-hydrogen) atoms. The van der Waals surface area contributed by atoms with Crippen molar-refractivity contribution in [1.29, 1.82) is 0 Å². The van der Waals surface area contributed by atoms with Gasteiger partial charge in [-0.25, -0.2) is 0 Å². The van der Waals surface area contributed by atoms with Gasteiger partial charge in [-0.2, -0.15) is 0 Å². The summed E-state index contributed by atoms with van der Waals surface area (Å²) in [7, 11) is 0. The van der Waals surface area contributed by atoms with Crippen molar-refractivity contribution in [3.63, 3.8) is 0 Å². The minimum atomic E-state index is -4.12. The molecule has 0 bridgehead atoms. The summed E-state index contributed by atoms with van der Waals surface area (Å²) in [6, 6.07) is 18.8. The number of halogens is 2. The molecule has 0 aliphatic heterocycles. The van der Waals surface area contributed by atoms with Crippen molar-refractivity contribution in [3.8, 4) is 0 Å². The third-order valence-electron chi connectivity index (χ3n) is 5.51. The molecule has 0 saturated carbocycles. The van der Waals surface area contributed by atoms with Gasteiger partial charge < -0.3 is 0 Å². The predicted molar refractivity (Wildman–Crippen MR) is 141 cm³/mol. The summed E-state index contributed by atoms with van der Waals surface area (Å²) in [6.07, 6.45) is 3.86. The van der Waals surface area contributed by atoms with Crippen molar-refractivity contribution >= 4 is 36.4 Å². The van der Waals surface area contributed by atoms with Gasteiger partial charge in [-0.15, -0.1) is 0 Å². The number of hydrogen-bond donors (Lipinski definition) is 0. The first-order valence-electron chi connectivity index (χ1n) is 11.8. The molecule has 0 aliphatic rings. The summed E-state index contributed by atoms with van der Waals surface area (Å²) in [5.74, 6) is 1.07. The van der Waals surface area contributed by atoms with E-state index in [0.29, 0.717) is 36.1 Å². The maximum atomic E-state index is 13.7. The third-order valence-corrected chi connectivity index (χ3v) is 27.3. The van der Waals surface area contributed by atoms with Crippen molar-refractivity contribution in [1.82, 2.24) is 5.78 Å². The van der Waals surface area contributed by atoms with Crippen LogP contribution in [0, 0.1) is 11.8 Å². The topological polar surface area (TPSA) is 40.6 Å². The summed E-state index contributed by atoms with van der Waals surface area (Å²) < 4.78 is 3.92. The van der Waals surface area contributed by atoms with Gasteiger partial charge in [0.1, 0.15) is 0 Å². The molecule has 7 heteroatoms. The van der Waals surface area contributed by atoms with Crippen LogP contribution in [0.2, 0.25) is 0 Å². The number of hydrogen-bond acceptors (Lipinski definition) is 2. The van der Waals surface area contributed by atoms with E-state index in [1.165, 1.54) is 0 Å². The van der Waals surface area contributed by atoms with Crippen molar-refractivity contribution in [2.45, 2.75) is 53.4 Å². The van der Waals surface area contributed by atoms with Gasteiger partial charge in [-0.05, 0) is 0 Å². The number of rotatable bonds is 12. The van der Waals surface area contributed by atoms with Crippen LogP contribution in [0.3, 0.4) is 0 Å². The predicted octanol–water partition coefficient (Wildman–Crippen LogP) is 7.75. The Morgan fingerprint density at radius 1 is 0.697 bits per heavy atom. The monoisotopic (exact) mass is 746 g/mol. The fraction of sp³-hybridized carbons (Fsp3) is 0.462. The Morgan fingerprint density at radius 2 is 1.03 bits per heavy atom. The van der Waals surface area contributed by atoms with E-state index < -0.39 is 15.9 Å². The van der Waals surface area contributed by atoms with E-state index >= 15 is 0 Å². The fourth-order valence-corrected chi connectivity index (χ4v) is 21.5. The Hall–Kier alpha value is -0.790. The maximum absolute atomic E-state index is 13.7. The molecule has 0 radical (unpaired) electrons. The first-order chi connectivity index (χ1) is 15.6. The summed E-state index contributed by atoms with van der Waals surface area (Å²) in [6.45, 7) is 10.0. The molecule has 4 nitrogen and oxygen atoms in total. The molecule has 2 rings (SSSR count). The van der Waals surface area contributed by atoms with Gasteiger partial charge >= 0.3 is 218 Å². The number of carbonyl (C=O) groups is 2. The van der Waals surface area contributed by atoms with Gasteiger partial charge in [0.25, 0.3) is 0 Å². The molecule has 0 atom stereocenters. The molecule has 180 valence electrons. The summed E-state index contributed by atoms with van der Waals surface area (Å²) in [5.41, 5.74) is 1.30. The zero-order valence-electron chi connectivity index (χ0n) is 20.1. The molecule has 2 aromatic carbocycles.